The molecule has 18 heavy (non-hydrogen) atoms. The van der Waals surface area contributed by atoms with Crippen LogP contribution in [0.25, 0.3) is 0 Å². The third-order valence-electron chi connectivity index (χ3n) is 3.48. The van der Waals surface area contributed by atoms with E-state index in [1.54, 1.807) is 25.8 Å². The first kappa shape index (κ1) is 14.7. The Bertz CT molecular complexity index is 458. The van der Waals surface area contributed by atoms with Gasteiger partial charge in [0.2, 0.25) is 5.91 Å². The van der Waals surface area contributed by atoms with E-state index in [9.17, 15) is 4.79 Å². The van der Waals surface area contributed by atoms with E-state index in [0.29, 0.717) is 6.54 Å². The largest absolute Gasteiger partial charge is 0.340 e. The lowest BCUT2D eigenvalue weighted by atomic mass is 9.98. The van der Waals surface area contributed by atoms with E-state index >= 15 is 0 Å². The third-order valence-corrected chi connectivity index (χ3v) is 3.48. The first-order chi connectivity index (χ1) is 8.14. The molecule has 0 atom stereocenters. The van der Waals surface area contributed by atoms with Crippen molar-refractivity contribution in [2.45, 2.75) is 46.7 Å². The molecule has 0 bridgehead atoms. The van der Waals surface area contributed by atoms with Crippen LogP contribution < -0.4 is 5.73 Å². The molecule has 0 saturated heterocycles. The van der Waals surface area contributed by atoms with E-state index in [0.717, 1.165) is 0 Å². The molecule has 3 heteroatoms. The molecule has 1 aromatic rings. The van der Waals surface area contributed by atoms with Gasteiger partial charge in [0.15, 0.2) is 0 Å². The molecular formula is C15H24N2O. The van der Waals surface area contributed by atoms with Gasteiger partial charge in [0.25, 0.3) is 0 Å². The molecular weight excluding hydrogens is 224 g/mol. The summed E-state index contributed by atoms with van der Waals surface area (Å²) in [4.78, 5) is 13.7. The van der Waals surface area contributed by atoms with Crippen molar-refractivity contribution < 1.29 is 4.79 Å². The minimum absolute atomic E-state index is 0.0415. The Morgan fingerprint density at radius 1 is 1.22 bits per heavy atom. The normalized spacial score (nSPS) is 11.5. The fourth-order valence-corrected chi connectivity index (χ4v) is 2.00. The van der Waals surface area contributed by atoms with Gasteiger partial charge in [-0.15, -0.1) is 0 Å². The van der Waals surface area contributed by atoms with Gasteiger partial charge in [-0.25, -0.2) is 0 Å². The van der Waals surface area contributed by atoms with Crippen LogP contribution in [0.2, 0.25) is 0 Å². The quantitative estimate of drug-likeness (QED) is 0.892. The minimum atomic E-state index is -0.817. The molecule has 0 aliphatic rings. The van der Waals surface area contributed by atoms with E-state index in [-0.39, 0.29) is 5.91 Å². The Hall–Kier alpha value is -1.35. The van der Waals surface area contributed by atoms with Gasteiger partial charge in [-0.3, -0.25) is 4.79 Å². The van der Waals surface area contributed by atoms with Crippen LogP contribution in [0.5, 0.6) is 0 Å². The SMILES string of the molecule is Cc1ccc(CN(C)C(=O)C(C)(C)N)c(C)c1C. The number of likely N-dealkylation sites (N-methyl/N-ethyl adjacent to an activating group) is 1. The number of carbonyl (C=O) groups excluding carboxylic acids is 1. The van der Waals surface area contributed by atoms with Crippen LogP contribution in [0.15, 0.2) is 12.1 Å². The molecule has 0 unspecified atom stereocenters. The molecule has 0 aromatic heterocycles. The number of carbonyl (C=O) groups is 1. The molecule has 2 N–H and O–H groups in total. The van der Waals surface area contributed by atoms with Gasteiger partial charge in [0.05, 0.1) is 5.54 Å². The molecule has 3 nitrogen and oxygen atoms in total. The summed E-state index contributed by atoms with van der Waals surface area (Å²) in [6.07, 6.45) is 0. The zero-order valence-electron chi connectivity index (χ0n) is 12.3. The second-order valence-corrected chi connectivity index (χ2v) is 5.67. The monoisotopic (exact) mass is 248 g/mol. The predicted octanol–water partition coefficient (Wildman–Crippen LogP) is 2.31. The maximum absolute atomic E-state index is 12.0. The highest BCUT2D eigenvalue weighted by molar-refractivity contribution is 5.84. The van der Waals surface area contributed by atoms with Crippen molar-refractivity contribution in [3.05, 3.63) is 34.4 Å². The van der Waals surface area contributed by atoms with Crippen molar-refractivity contribution in [2.75, 3.05) is 7.05 Å². The molecule has 100 valence electrons. The fourth-order valence-electron chi connectivity index (χ4n) is 2.00. The first-order valence-electron chi connectivity index (χ1n) is 6.24. The molecule has 0 saturated carbocycles. The van der Waals surface area contributed by atoms with Crippen molar-refractivity contribution in [3.63, 3.8) is 0 Å². The number of amides is 1. The highest BCUT2D eigenvalue weighted by Crippen LogP contribution is 2.19. The second-order valence-electron chi connectivity index (χ2n) is 5.67. The predicted molar refractivity (Wildman–Crippen MR) is 75.4 cm³/mol. The number of hydrogen-bond acceptors (Lipinski definition) is 2. The molecule has 0 aliphatic carbocycles. The van der Waals surface area contributed by atoms with E-state index in [1.807, 2.05) is 0 Å². The Balaban J connectivity index is 2.93. The summed E-state index contributed by atoms with van der Waals surface area (Å²) in [7, 11) is 1.80. The summed E-state index contributed by atoms with van der Waals surface area (Å²) in [5.74, 6) is -0.0415. The zero-order chi connectivity index (χ0) is 14.1. The lowest BCUT2D eigenvalue weighted by Gasteiger charge is -2.26. The maximum Gasteiger partial charge on any atom is 0.242 e. The summed E-state index contributed by atoms with van der Waals surface area (Å²) >= 11 is 0. The number of hydrogen-bond donors (Lipinski definition) is 1. The highest BCUT2D eigenvalue weighted by Gasteiger charge is 2.25. The Kier molecular flexibility index (Phi) is 4.17. The lowest BCUT2D eigenvalue weighted by molar-refractivity contribution is -0.135. The van der Waals surface area contributed by atoms with E-state index < -0.39 is 5.54 Å². The Morgan fingerprint density at radius 3 is 2.28 bits per heavy atom. The number of nitrogens with zero attached hydrogens (tertiary/aromatic N) is 1. The highest BCUT2D eigenvalue weighted by atomic mass is 16.2. The Labute approximate surface area is 110 Å². The molecule has 1 amide bonds. The zero-order valence-corrected chi connectivity index (χ0v) is 12.3. The van der Waals surface area contributed by atoms with Crippen LogP contribution in [-0.4, -0.2) is 23.4 Å². The third kappa shape index (κ3) is 3.10. The van der Waals surface area contributed by atoms with E-state index in [1.165, 1.54) is 22.3 Å². The summed E-state index contributed by atoms with van der Waals surface area (Å²) in [5, 5.41) is 0. The molecule has 0 heterocycles. The number of rotatable bonds is 3. The molecule has 0 spiro atoms. The first-order valence-corrected chi connectivity index (χ1v) is 6.24. The van der Waals surface area contributed by atoms with Crippen LogP contribution in [0.3, 0.4) is 0 Å². The van der Waals surface area contributed by atoms with Crippen molar-refractivity contribution >= 4 is 5.91 Å². The fraction of sp³-hybridized carbons (Fsp3) is 0.533. The summed E-state index contributed by atoms with van der Waals surface area (Å²) in [5.41, 5.74) is 10.0. The van der Waals surface area contributed by atoms with Gasteiger partial charge >= 0.3 is 0 Å². The van der Waals surface area contributed by atoms with Crippen molar-refractivity contribution in [2.24, 2.45) is 5.73 Å². The van der Waals surface area contributed by atoms with Gasteiger partial charge in [-0.2, -0.15) is 0 Å². The van der Waals surface area contributed by atoms with E-state index in [2.05, 4.69) is 32.9 Å². The van der Waals surface area contributed by atoms with Crippen molar-refractivity contribution in [1.82, 2.24) is 4.90 Å². The number of nitrogens with two attached hydrogens (primary N) is 1. The summed E-state index contributed by atoms with van der Waals surface area (Å²) in [6.45, 7) is 10.4. The van der Waals surface area contributed by atoms with Crippen LogP contribution in [0.4, 0.5) is 0 Å². The molecule has 0 fully saturated rings. The summed E-state index contributed by atoms with van der Waals surface area (Å²) < 4.78 is 0. The maximum atomic E-state index is 12.0. The van der Waals surface area contributed by atoms with Crippen molar-refractivity contribution in [3.8, 4) is 0 Å². The van der Waals surface area contributed by atoms with Crippen LogP contribution >= 0.6 is 0 Å². The second kappa shape index (κ2) is 5.11. The molecule has 0 aliphatic heterocycles. The van der Waals surface area contributed by atoms with Gasteiger partial charge in [0, 0.05) is 13.6 Å². The van der Waals surface area contributed by atoms with Gasteiger partial charge in [-0.1, -0.05) is 12.1 Å². The van der Waals surface area contributed by atoms with Gasteiger partial charge in [0.1, 0.15) is 0 Å². The standard InChI is InChI=1S/C15H24N2O/c1-10-7-8-13(12(3)11(10)2)9-17(6)14(18)15(4,5)16/h7-8H,9,16H2,1-6H3. The van der Waals surface area contributed by atoms with Crippen LogP contribution in [-0.2, 0) is 11.3 Å². The summed E-state index contributed by atoms with van der Waals surface area (Å²) in [6, 6.07) is 4.19. The van der Waals surface area contributed by atoms with Gasteiger partial charge < -0.3 is 10.6 Å². The molecule has 0 radical (unpaired) electrons. The van der Waals surface area contributed by atoms with Crippen molar-refractivity contribution in [1.29, 1.82) is 0 Å². The average molecular weight is 248 g/mol. The van der Waals surface area contributed by atoms with Gasteiger partial charge in [-0.05, 0) is 56.9 Å². The Morgan fingerprint density at radius 2 is 1.78 bits per heavy atom. The number of benzene rings is 1. The lowest BCUT2D eigenvalue weighted by Crippen LogP contribution is -2.49. The molecule has 1 aromatic carbocycles. The smallest absolute Gasteiger partial charge is 0.242 e. The van der Waals surface area contributed by atoms with Crippen LogP contribution in [0, 0.1) is 20.8 Å². The number of aryl methyl sites for hydroxylation is 1. The average Bonchev–Trinajstić information content (AvgIpc) is 2.27. The van der Waals surface area contributed by atoms with E-state index in [4.69, 9.17) is 5.73 Å². The minimum Gasteiger partial charge on any atom is -0.340 e. The van der Waals surface area contributed by atoms with Crippen LogP contribution in [0.1, 0.15) is 36.1 Å². The topological polar surface area (TPSA) is 46.3 Å². The molecule has 1 rings (SSSR count).